The number of hydrogen-bond acceptors (Lipinski definition) is 4. The Bertz CT molecular complexity index is 445. The van der Waals surface area contributed by atoms with Gasteiger partial charge in [0.05, 0.1) is 19.5 Å². The molecule has 21 heavy (non-hydrogen) atoms. The minimum absolute atomic E-state index is 0.0945. The normalized spacial score (nSPS) is 10.7. The summed E-state index contributed by atoms with van der Waals surface area (Å²) in [5, 5.41) is 8.88. The van der Waals surface area contributed by atoms with Crippen LogP contribution in [0.3, 0.4) is 0 Å². The summed E-state index contributed by atoms with van der Waals surface area (Å²) in [6, 6.07) is 7.62. The molecule has 0 saturated carbocycles. The zero-order valence-corrected chi connectivity index (χ0v) is 13.6. The van der Waals surface area contributed by atoms with Crippen LogP contribution in [0.25, 0.3) is 0 Å². The third kappa shape index (κ3) is 15.1. The lowest BCUT2D eigenvalue weighted by atomic mass is 10.2. The Morgan fingerprint density at radius 2 is 1.57 bits per heavy atom. The van der Waals surface area contributed by atoms with Crippen molar-refractivity contribution in [3.63, 3.8) is 0 Å². The largest absolute Gasteiger partial charge is 0.494 e. The maximum Gasteiger partial charge on any atom is 0.261 e. The predicted molar refractivity (Wildman–Crippen MR) is 84.1 cm³/mol. The van der Waals surface area contributed by atoms with E-state index in [1.807, 2.05) is 24.3 Å². The number of aliphatic hydroxyl groups is 1. The molecule has 1 aromatic carbocycles. The zero-order chi connectivity index (χ0) is 16.1. The van der Waals surface area contributed by atoms with E-state index in [1.54, 1.807) is 0 Å². The SMILES string of the molecule is CCCCCCCOc1ccc(CO)cc1.CS(=O)(=O)O. The van der Waals surface area contributed by atoms with E-state index < -0.39 is 10.1 Å². The van der Waals surface area contributed by atoms with Crippen molar-refractivity contribution in [2.24, 2.45) is 0 Å². The van der Waals surface area contributed by atoms with Gasteiger partial charge in [0.15, 0.2) is 0 Å². The van der Waals surface area contributed by atoms with Crippen molar-refractivity contribution >= 4 is 10.1 Å². The molecule has 6 heteroatoms. The van der Waals surface area contributed by atoms with Gasteiger partial charge in [0.25, 0.3) is 10.1 Å². The van der Waals surface area contributed by atoms with E-state index in [1.165, 1.54) is 25.7 Å². The topological polar surface area (TPSA) is 83.8 Å². The molecule has 0 radical (unpaired) electrons. The average molecular weight is 318 g/mol. The maximum absolute atomic E-state index is 9.19. The van der Waals surface area contributed by atoms with E-state index in [4.69, 9.17) is 14.4 Å². The summed E-state index contributed by atoms with van der Waals surface area (Å²) >= 11 is 0. The number of rotatable bonds is 8. The van der Waals surface area contributed by atoms with Crippen molar-refractivity contribution in [1.82, 2.24) is 0 Å². The molecule has 0 amide bonds. The highest BCUT2D eigenvalue weighted by atomic mass is 32.2. The molecule has 0 bridgehead atoms. The van der Waals surface area contributed by atoms with Crippen molar-refractivity contribution in [3.8, 4) is 5.75 Å². The number of ether oxygens (including phenoxy) is 1. The fourth-order valence-corrected chi connectivity index (χ4v) is 1.59. The Morgan fingerprint density at radius 1 is 1.05 bits per heavy atom. The highest BCUT2D eigenvalue weighted by Crippen LogP contribution is 2.13. The third-order valence-electron chi connectivity index (χ3n) is 2.62. The van der Waals surface area contributed by atoms with Gasteiger partial charge < -0.3 is 9.84 Å². The molecule has 0 spiro atoms. The Hall–Kier alpha value is -1.11. The molecule has 2 N–H and O–H groups in total. The first-order valence-electron chi connectivity index (χ1n) is 7.12. The molecule has 122 valence electrons. The number of hydrogen-bond donors (Lipinski definition) is 2. The van der Waals surface area contributed by atoms with Gasteiger partial charge in [-0.2, -0.15) is 8.42 Å². The van der Waals surface area contributed by atoms with Crippen LogP contribution >= 0.6 is 0 Å². The van der Waals surface area contributed by atoms with Crippen molar-refractivity contribution in [1.29, 1.82) is 0 Å². The fourth-order valence-electron chi connectivity index (χ4n) is 1.59. The summed E-state index contributed by atoms with van der Waals surface area (Å²) in [6.07, 6.45) is 7.01. The summed E-state index contributed by atoms with van der Waals surface area (Å²) in [5.41, 5.74) is 0.926. The van der Waals surface area contributed by atoms with E-state index in [0.29, 0.717) is 6.26 Å². The van der Waals surface area contributed by atoms with E-state index in [2.05, 4.69) is 6.92 Å². The first-order chi connectivity index (χ1) is 9.86. The molecule has 0 aliphatic rings. The molecule has 0 aliphatic carbocycles. The maximum atomic E-state index is 9.19. The summed E-state index contributed by atoms with van der Waals surface area (Å²) in [4.78, 5) is 0. The van der Waals surface area contributed by atoms with Gasteiger partial charge in [0.2, 0.25) is 0 Å². The van der Waals surface area contributed by atoms with Gasteiger partial charge in [-0.25, -0.2) is 0 Å². The van der Waals surface area contributed by atoms with Gasteiger partial charge >= 0.3 is 0 Å². The van der Waals surface area contributed by atoms with E-state index in [0.717, 1.165) is 24.3 Å². The summed E-state index contributed by atoms with van der Waals surface area (Å²) < 4.78 is 31.5. The highest BCUT2D eigenvalue weighted by molar-refractivity contribution is 7.85. The van der Waals surface area contributed by atoms with Crippen molar-refractivity contribution in [2.75, 3.05) is 12.9 Å². The van der Waals surface area contributed by atoms with Crippen LogP contribution < -0.4 is 4.74 Å². The molecule has 0 saturated heterocycles. The van der Waals surface area contributed by atoms with Crippen LogP contribution in [0, 0.1) is 0 Å². The Balaban J connectivity index is 0.000000690. The first kappa shape index (κ1) is 19.9. The molecule has 0 aliphatic heterocycles. The van der Waals surface area contributed by atoms with Crippen LogP contribution in [0.1, 0.15) is 44.6 Å². The Morgan fingerprint density at radius 3 is 2.05 bits per heavy atom. The van der Waals surface area contributed by atoms with Crippen LogP contribution in [0.4, 0.5) is 0 Å². The standard InChI is InChI=1S/C14H22O2.CH4O3S/c1-2-3-4-5-6-11-16-14-9-7-13(12-15)8-10-14;1-5(2,3)4/h7-10,15H,2-6,11-12H2,1H3;1H3,(H,2,3,4). The van der Waals surface area contributed by atoms with Gasteiger partial charge in [0.1, 0.15) is 5.75 Å². The molecule has 1 aromatic rings. The van der Waals surface area contributed by atoms with Gasteiger partial charge in [-0.15, -0.1) is 0 Å². The Kier molecular flexibility index (Phi) is 10.9. The van der Waals surface area contributed by atoms with Gasteiger partial charge in [-0.05, 0) is 24.1 Å². The van der Waals surface area contributed by atoms with Crippen LogP contribution in [0.15, 0.2) is 24.3 Å². The van der Waals surface area contributed by atoms with Crippen molar-refractivity contribution in [2.45, 2.75) is 45.6 Å². The molecule has 0 unspecified atom stereocenters. The second-order valence-corrected chi connectivity index (χ2v) is 6.26. The number of aliphatic hydroxyl groups excluding tert-OH is 1. The lowest BCUT2D eigenvalue weighted by Crippen LogP contribution is -1.97. The van der Waals surface area contributed by atoms with Gasteiger partial charge in [-0.1, -0.05) is 44.7 Å². The lowest BCUT2D eigenvalue weighted by molar-refractivity contribution is 0.281. The zero-order valence-electron chi connectivity index (χ0n) is 12.8. The number of unbranched alkanes of at least 4 members (excludes halogenated alkanes) is 4. The molecule has 0 fully saturated rings. The van der Waals surface area contributed by atoms with E-state index in [-0.39, 0.29) is 6.61 Å². The smallest absolute Gasteiger partial charge is 0.261 e. The summed E-state index contributed by atoms with van der Waals surface area (Å²) in [7, 11) is -3.67. The predicted octanol–water partition coefficient (Wildman–Crippen LogP) is 3.03. The average Bonchev–Trinajstić information content (AvgIpc) is 2.41. The molecule has 0 atom stereocenters. The number of benzene rings is 1. The van der Waals surface area contributed by atoms with Crippen LogP contribution in [0.2, 0.25) is 0 Å². The van der Waals surface area contributed by atoms with Gasteiger partial charge in [0, 0.05) is 0 Å². The minimum Gasteiger partial charge on any atom is -0.494 e. The highest BCUT2D eigenvalue weighted by Gasteiger charge is 1.95. The molecule has 1 rings (SSSR count). The lowest BCUT2D eigenvalue weighted by Gasteiger charge is -2.06. The molecular formula is C15H26O5S. The van der Waals surface area contributed by atoms with Crippen molar-refractivity contribution in [3.05, 3.63) is 29.8 Å². The Labute approximate surface area is 127 Å². The molecule has 5 nitrogen and oxygen atoms in total. The van der Waals surface area contributed by atoms with Gasteiger partial charge in [-0.3, -0.25) is 4.55 Å². The van der Waals surface area contributed by atoms with Crippen molar-refractivity contribution < 1.29 is 22.8 Å². The second-order valence-electron chi connectivity index (χ2n) is 4.80. The minimum atomic E-state index is -3.67. The first-order valence-corrected chi connectivity index (χ1v) is 8.96. The van der Waals surface area contributed by atoms with E-state index in [9.17, 15) is 8.42 Å². The second kappa shape index (κ2) is 11.5. The van der Waals surface area contributed by atoms with Crippen LogP contribution in [-0.4, -0.2) is 30.9 Å². The molecule has 0 aromatic heterocycles. The van der Waals surface area contributed by atoms with Crippen LogP contribution in [-0.2, 0) is 16.7 Å². The molecule has 0 heterocycles. The molecular weight excluding hydrogens is 292 g/mol. The van der Waals surface area contributed by atoms with E-state index >= 15 is 0 Å². The fraction of sp³-hybridized carbons (Fsp3) is 0.600. The summed E-state index contributed by atoms with van der Waals surface area (Å²) in [5.74, 6) is 0.896. The quantitative estimate of drug-likeness (QED) is 0.568. The monoisotopic (exact) mass is 318 g/mol. The summed E-state index contributed by atoms with van der Waals surface area (Å²) in [6.45, 7) is 3.11. The third-order valence-corrected chi connectivity index (χ3v) is 2.62. The van der Waals surface area contributed by atoms with Crippen LogP contribution in [0.5, 0.6) is 5.75 Å².